The summed E-state index contributed by atoms with van der Waals surface area (Å²) in [4.78, 5) is 10.7. The van der Waals surface area contributed by atoms with Crippen LogP contribution in [-0.2, 0) is 19.6 Å². The summed E-state index contributed by atoms with van der Waals surface area (Å²) in [7, 11) is -1.77. The second-order valence-corrected chi connectivity index (χ2v) is 5.97. The Labute approximate surface area is 122 Å². The molecule has 0 aromatic heterocycles. The maximum absolute atomic E-state index is 10.7. The average Bonchev–Trinajstić information content (AvgIpc) is 2.32. The summed E-state index contributed by atoms with van der Waals surface area (Å²) in [6, 6.07) is 0. The van der Waals surface area contributed by atoms with Gasteiger partial charge in [0.15, 0.2) is 10.1 Å². The molecule has 0 heterocycles. The molecule has 0 aliphatic carbocycles. The Morgan fingerprint density at radius 1 is 1.38 bits per heavy atom. The van der Waals surface area contributed by atoms with Crippen LogP contribution in [0.2, 0.25) is 0 Å². The molecule has 0 spiro atoms. The van der Waals surface area contributed by atoms with Gasteiger partial charge in [-0.05, 0) is 6.92 Å². The van der Waals surface area contributed by atoms with Crippen LogP contribution in [0.15, 0.2) is 12.7 Å². The van der Waals surface area contributed by atoms with Crippen molar-refractivity contribution in [1.82, 2.24) is 0 Å². The summed E-state index contributed by atoms with van der Waals surface area (Å²) in [6.45, 7) is 8.09. The van der Waals surface area contributed by atoms with Crippen molar-refractivity contribution in [3.8, 4) is 0 Å². The standard InChI is InChI=1S/C10H20NO2.CHF3O3S/c1-5-10(12)13-9-7-8-11(3,4)6-2;2-1(3,4)8(5,6)7/h5H,1,6-9H2,2-4H3;(H,5,6,7)/q+1;/p-1. The second-order valence-electron chi connectivity index (χ2n) is 4.60. The van der Waals surface area contributed by atoms with E-state index in [1.807, 2.05) is 0 Å². The number of carbonyl (C=O) groups is 1. The smallest absolute Gasteiger partial charge is 0.485 e. The van der Waals surface area contributed by atoms with E-state index < -0.39 is 15.6 Å². The van der Waals surface area contributed by atoms with Crippen LogP contribution in [0, 0.1) is 0 Å². The molecule has 0 aromatic carbocycles. The number of halogens is 3. The number of hydrogen-bond acceptors (Lipinski definition) is 5. The maximum Gasteiger partial charge on any atom is 0.485 e. The number of alkyl halides is 3. The van der Waals surface area contributed by atoms with Gasteiger partial charge in [-0.25, -0.2) is 13.2 Å². The minimum atomic E-state index is -6.09. The second kappa shape index (κ2) is 9.00. The molecule has 0 aromatic rings. The van der Waals surface area contributed by atoms with E-state index in [9.17, 15) is 18.0 Å². The molecule has 0 radical (unpaired) electrons. The first-order chi connectivity index (χ1) is 9.27. The third-order valence-corrected chi connectivity index (χ3v) is 3.03. The third kappa shape index (κ3) is 12.3. The molecule has 0 aliphatic rings. The molecule has 0 saturated carbocycles. The summed E-state index contributed by atoms with van der Waals surface area (Å²) in [5, 5.41) is 0. The van der Waals surface area contributed by atoms with Crippen molar-refractivity contribution >= 4 is 16.1 Å². The Bertz CT molecular complexity index is 432. The molecule has 21 heavy (non-hydrogen) atoms. The van der Waals surface area contributed by atoms with E-state index in [4.69, 9.17) is 17.7 Å². The molecule has 0 unspecified atom stereocenters. The summed E-state index contributed by atoms with van der Waals surface area (Å²) in [5.41, 5.74) is -5.65. The van der Waals surface area contributed by atoms with Gasteiger partial charge in [0.05, 0.1) is 33.8 Å². The van der Waals surface area contributed by atoms with E-state index in [-0.39, 0.29) is 5.97 Å². The van der Waals surface area contributed by atoms with E-state index in [1.54, 1.807) is 0 Å². The van der Waals surface area contributed by atoms with E-state index in [1.165, 1.54) is 6.08 Å². The molecule has 6 nitrogen and oxygen atoms in total. The fraction of sp³-hybridized carbons (Fsp3) is 0.727. The molecular weight excluding hydrogens is 315 g/mol. The Morgan fingerprint density at radius 3 is 2.10 bits per heavy atom. The van der Waals surface area contributed by atoms with Gasteiger partial charge < -0.3 is 13.8 Å². The topological polar surface area (TPSA) is 83.5 Å². The van der Waals surface area contributed by atoms with Crippen LogP contribution >= 0.6 is 0 Å². The Kier molecular flexibility index (Phi) is 9.50. The maximum atomic E-state index is 10.7. The van der Waals surface area contributed by atoms with Crippen LogP contribution in [0.3, 0.4) is 0 Å². The number of ether oxygens (including phenoxy) is 1. The van der Waals surface area contributed by atoms with E-state index in [0.717, 1.165) is 24.0 Å². The van der Waals surface area contributed by atoms with Crippen molar-refractivity contribution in [3.63, 3.8) is 0 Å². The van der Waals surface area contributed by atoms with Gasteiger partial charge in [-0.2, -0.15) is 13.2 Å². The highest BCUT2D eigenvalue weighted by atomic mass is 32.2. The van der Waals surface area contributed by atoms with Gasteiger partial charge in [0.2, 0.25) is 0 Å². The van der Waals surface area contributed by atoms with Gasteiger partial charge in [-0.3, -0.25) is 0 Å². The monoisotopic (exact) mass is 335 g/mol. The van der Waals surface area contributed by atoms with Crippen LogP contribution in [0.1, 0.15) is 13.3 Å². The fourth-order valence-corrected chi connectivity index (χ4v) is 0.882. The quantitative estimate of drug-likeness (QED) is 0.182. The van der Waals surface area contributed by atoms with Gasteiger partial charge in [0.25, 0.3) is 0 Å². The molecule has 0 saturated heterocycles. The van der Waals surface area contributed by atoms with Gasteiger partial charge >= 0.3 is 11.5 Å². The lowest BCUT2D eigenvalue weighted by molar-refractivity contribution is -0.888. The van der Waals surface area contributed by atoms with Gasteiger partial charge in [0, 0.05) is 12.5 Å². The highest BCUT2D eigenvalue weighted by molar-refractivity contribution is 7.86. The zero-order valence-electron chi connectivity index (χ0n) is 12.1. The number of nitrogens with zero attached hydrogens (tertiary/aromatic N) is 1. The molecule has 10 heteroatoms. The van der Waals surface area contributed by atoms with Gasteiger partial charge in [-0.15, -0.1) is 0 Å². The van der Waals surface area contributed by atoms with Crippen LogP contribution in [-0.4, -0.2) is 62.7 Å². The molecule has 0 aliphatic heterocycles. The van der Waals surface area contributed by atoms with Crippen molar-refractivity contribution < 1.29 is 40.2 Å². The number of rotatable bonds is 6. The van der Waals surface area contributed by atoms with E-state index >= 15 is 0 Å². The van der Waals surface area contributed by atoms with Crippen LogP contribution < -0.4 is 0 Å². The third-order valence-electron chi connectivity index (χ3n) is 2.46. The Balaban J connectivity index is 0. The molecule has 126 valence electrons. The summed E-state index contributed by atoms with van der Waals surface area (Å²) < 4.78 is 64.7. The highest BCUT2D eigenvalue weighted by Gasteiger charge is 2.36. The first kappa shape index (κ1) is 22.2. The van der Waals surface area contributed by atoms with E-state index in [2.05, 4.69) is 27.6 Å². The molecule has 0 amide bonds. The number of hydrogen-bond donors (Lipinski definition) is 0. The minimum absolute atomic E-state index is 0.332. The molecule has 0 rings (SSSR count). The zero-order valence-corrected chi connectivity index (χ0v) is 13.0. The van der Waals surface area contributed by atoms with Crippen LogP contribution in [0.4, 0.5) is 13.2 Å². The molecular formula is C11H20F3NO5S. The van der Waals surface area contributed by atoms with Crippen LogP contribution in [0.5, 0.6) is 0 Å². The molecule has 0 fully saturated rings. The number of esters is 1. The van der Waals surface area contributed by atoms with Crippen molar-refractivity contribution in [1.29, 1.82) is 0 Å². The number of quaternary nitrogens is 1. The van der Waals surface area contributed by atoms with Gasteiger partial charge in [0.1, 0.15) is 0 Å². The highest BCUT2D eigenvalue weighted by Crippen LogP contribution is 2.20. The Morgan fingerprint density at radius 2 is 1.81 bits per heavy atom. The summed E-state index contributed by atoms with van der Waals surface area (Å²) in [5.74, 6) is -0.332. The molecule has 0 bridgehead atoms. The molecule has 0 atom stereocenters. The largest absolute Gasteiger partial charge is 0.741 e. The van der Waals surface area contributed by atoms with Gasteiger partial charge in [-0.1, -0.05) is 6.58 Å². The van der Waals surface area contributed by atoms with E-state index in [0.29, 0.717) is 6.61 Å². The zero-order chi connectivity index (χ0) is 17.3. The van der Waals surface area contributed by atoms with Crippen molar-refractivity contribution in [2.24, 2.45) is 0 Å². The van der Waals surface area contributed by atoms with Crippen molar-refractivity contribution in [3.05, 3.63) is 12.7 Å². The molecule has 0 N–H and O–H groups in total. The minimum Gasteiger partial charge on any atom is -0.741 e. The summed E-state index contributed by atoms with van der Waals surface area (Å²) >= 11 is 0. The lowest BCUT2D eigenvalue weighted by Crippen LogP contribution is -2.40. The normalized spacial score (nSPS) is 12.1. The fourth-order valence-electron chi connectivity index (χ4n) is 0.882. The predicted octanol–water partition coefficient (Wildman–Crippen LogP) is 1.25. The first-order valence-corrected chi connectivity index (χ1v) is 7.31. The summed E-state index contributed by atoms with van der Waals surface area (Å²) in [6.07, 6.45) is 2.10. The Hall–Kier alpha value is -1.13. The first-order valence-electron chi connectivity index (χ1n) is 5.90. The lowest BCUT2D eigenvalue weighted by Gasteiger charge is -2.27. The lowest BCUT2D eigenvalue weighted by atomic mass is 10.3. The van der Waals surface area contributed by atoms with Crippen molar-refractivity contribution in [2.45, 2.75) is 18.9 Å². The number of carbonyl (C=O) groups excluding carboxylic acids is 1. The SMILES string of the molecule is C=CC(=O)OCCC[N+](C)(C)CC.O=S(=O)([O-])C(F)(F)F. The average molecular weight is 335 g/mol. The van der Waals surface area contributed by atoms with Crippen molar-refractivity contribution in [2.75, 3.05) is 33.8 Å². The predicted molar refractivity (Wildman–Crippen MR) is 69.0 cm³/mol. The van der Waals surface area contributed by atoms with Crippen LogP contribution in [0.25, 0.3) is 0 Å².